The maximum absolute atomic E-state index is 13.7. The molecule has 0 aliphatic carbocycles. The topological polar surface area (TPSA) is 12.0 Å². The van der Waals surface area contributed by atoms with Crippen LogP contribution in [0, 0.1) is 5.82 Å². The van der Waals surface area contributed by atoms with Gasteiger partial charge in [-0.3, -0.25) is 0 Å². The predicted molar refractivity (Wildman–Crippen MR) is 83.7 cm³/mol. The van der Waals surface area contributed by atoms with E-state index in [1.54, 1.807) is 6.07 Å². The lowest BCUT2D eigenvalue weighted by atomic mass is 10.00. The Kier molecular flexibility index (Phi) is 4.78. The SMILES string of the molecule is CC(Cc1ccccc1F)Nc1ccccc1C(C)C. The van der Waals surface area contributed by atoms with Gasteiger partial charge >= 0.3 is 0 Å². The lowest BCUT2D eigenvalue weighted by Crippen LogP contribution is -2.19. The van der Waals surface area contributed by atoms with Crippen LogP contribution in [-0.4, -0.2) is 6.04 Å². The van der Waals surface area contributed by atoms with Gasteiger partial charge in [0.1, 0.15) is 5.82 Å². The molecule has 2 rings (SSSR count). The molecule has 2 aromatic rings. The molecule has 0 bridgehead atoms. The second kappa shape index (κ2) is 6.56. The molecule has 0 aromatic heterocycles. The number of halogens is 1. The van der Waals surface area contributed by atoms with Gasteiger partial charge in [0.25, 0.3) is 0 Å². The van der Waals surface area contributed by atoms with Crippen LogP contribution in [0.1, 0.15) is 37.8 Å². The summed E-state index contributed by atoms with van der Waals surface area (Å²) in [5.41, 5.74) is 3.20. The van der Waals surface area contributed by atoms with Crippen molar-refractivity contribution in [1.29, 1.82) is 0 Å². The van der Waals surface area contributed by atoms with Gasteiger partial charge in [0.15, 0.2) is 0 Å². The number of benzene rings is 2. The zero-order chi connectivity index (χ0) is 14.5. The van der Waals surface area contributed by atoms with Gasteiger partial charge in [-0.25, -0.2) is 4.39 Å². The minimum absolute atomic E-state index is 0.127. The van der Waals surface area contributed by atoms with E-state index in [9.17, 15) is 4.39 Å². The monoisotopic (exact) mass is 271 g/mol. The molecule has 0 spiro atoms. The maximum Gasteiger partial charge on any atom is 0.126 e. The first-order valence-corrected chi connectivity index (χ1v) is 7.16. The number of anilines is 1. The van der Waals surface area contributed by atoms with Gasteiger partial charge in [0, 0.05) is 11.7 Å². The summed E-state index contributed by atoms with van der Waals surface area (Å²) in [5.74, 6) is 0.345. The van der Waals surface area contributed by atoms with Crippen LogP contribution in [0.3, 0.4) is 0 Å². The Morgan fingerprint density at radius 2 is 1.60 bits per heavy atom. The van der Waals surface area contributed by atoms with Crippen molar-refractivity contribution in [2.24, 2.45) is 0 Å². The van der Waals surface area contributed by atoms with E-state index < -0.39 is 0 Å². The van der Waals surface area contributed by atoms with Gasteiger partial charge in [-0.05, 0) is 42.5 Å². The number of hydrogen-bond donors (Lipinski definition) is 1. The largest absolute Gasteiger partial charge is 0.382 e. The summed E-state index contributed by atoms with van der Waals surface area (Å²) in [5, 5.41) is 3.50. The molecule has 2 heteroatoms. The fourth-order valence-corrected chi connectivity index (χ4v) is 2.44. The molecule has 20 heavy (non-hydrogen) atoms. The molecular formula is C18H22FN. The van der Waals surface area contributed by atoms with Crippen molar-refractivity contribution in [2.45, 2.75) is 39.2 Å². The lowest BCUT2D eigenvalue weighted by molar-refractivity contribution is 0.601. The number of para-hydroxylation sites is 1. The highest BCUT2D eigenvalue weighted by atomic mass is 19.1. The summed E-state index contributed by atoms with van der Waals surface area (Å²) in [6.07, 6.45) is 0.680. The van der Waals surface area contributed by atoms with Gasteiger partial charge in [0.2, 0.25) is 0 Å². The lowest BCUT2D eigenvalue weighted by Gasteiger charge is -2.20. The fourth-order valence-electron chi connectivity index (χ4n) is 2.44. The van der Waals surface area contributed by atoms with Crippen LogP contribution in [0.25, 0.3) is 0 Å². The first kappa shape index (κ1) is 14.6. The molecule has 106 valence electrons. The van der Waals surface area contributed by atoms with Crippen molar-refractivity contribution in [3.05, 3.63) is 65.5 Å². The van der Waals surface area contributed by atoms with Crippen LogP contribution < -0.4 is 5.32 Å². The van der Waals surface area contributed by atoms with E-state index in [1.165, 1.54) is 11.6 Å². The number of rotatable bonds is 5. The highest BCUT2D eigenvalue weighted by Gasteiger charge is 2.10. The fraction of sp³-hybridized carbons (Fsp3) is 0.333. The minimum Gasteiger partial charge on any atom is -0.382 e. The second-order valence-corrected chi connectivity index (χ2v) is 5.58. The Balaban J connectivity index is 2.09. The molecule has 0 saturated heterocycles. The minimum atomic E-state index is -0.127. The van der Waals surface area contributed by atoms with E-state index >= 15 is 0 Å². The average molecular weight is 271 g/mol. The molecule has 1 nitrogen and oxygen atoms in total. The van der Waals surface area contributed by atoms with Gasteiger partial charge in [-0.15, -0.1) is 0 Å². The van der Waals surface area contributed by atoms with Gasteiger partial charge in [-0.2, -0.15) is 0 Å². The second-order valence-electron chi connectivity index (χ2n) is 5.58. The molecule has 0 aliphatic heterocycles. The maximum atomic E-state index is 13.7. The molecule has 0 radical (unpaired) electrons. The third-order valence-electron chi connectivity index (χ3n) is 3.47. The highest BCUT2D eigenvalue weighted by Crippen LogP contribution is 2.24. The Morgan fingerprint density at radius 1 is 0.950 bits per heavy atom. The first-order chi connectivity index (χ1) is 9.58. The van der Waals surface area contributed by atoms with Crippen LogP contribution in [0.4, 0.5) is 10.1 Å². The van der Waals surface area contributed by atoms with Crippen molar-refractivity contribution in [1.82, 2.24) is 0 Å². The van der Waals surface area contributed by atoms with E-state index in [1.807, 2.05) is 18.2 Å². The molecule has 0 aliphatic rings. The Morgan fingerprint density at radius 3 is 2.30 bits per heavy atom. The zero-order valence-corrected chi connectivity index (χ0v) is 12.4. The molecule has 1 N–H and O–H groups in total. The van der Waals surface area contributed by atoms with Crippen molar-refractivity contribution < 1.29 is 4.39 Å². The van der Waals surface area contributed by atoms with Crippen molar-refractivity contribution in [3.8, 4) is 0 Å². The Bertz CT molecular complexity index is 563. The molecule has 0 saturated carbocycles. The van der Waals surface area contributed by atoms with E-state index in [0.29, 0.717) is 12.3 Å². The Hall–Kier alpha value is -1.83. The normalized spacial score (nSPS) is 12.4. The molecule has 0 amide bonds. The molecule has 1 unspecified atom stereocenters. The summed E-state index contributed by atoms with van der Waals surface area (Å²) >= 11 is 0. The summed E-state index contributed by atoms with van der Waals surface area (Å²) in [4.78, 5) is 0. The molecule has 1 atom stereocenters. The van der Waals surface area contributed by atoms with Gasteiger partial charge < -0.3 is 5.32 Å². The Labute approximate surface area is 120 Å². The first-order valence-electron chi connectivity index (χ1n) is 7.16. The van der Waals surface area contributed by atoms with Crippen LogP contribution in [-0.2, 0) is 6.42 Å². The quantitative estimate of drug-likeness (QED) is 0.807. The predicted octanol–water partition coefficient (Wildman–Crippen LogP) is 4.99. The highest BCUT2D eigenvalue weighted by molar-refractivity contribution is 5.53. The average Bonchev–Trinajstić information content (AvgIpc) is 2.41. The standard InChI is InChI=1S/C18H22FN/c1-13(2)16-9-5-7-11-18(16)20-14(3)12-15-8-4-6-10-17(15)19/h4-11,13-14,20H,12H2,1-3H3. The van der Waals surface area contributed by atoms with E-state index in [-0.39, 0.29) is 11.9 Å². The third kappa shape index (κ3) is 3.60. The van der Waals surface area contributed by atoms with Crippen molar-refractivity contribution in [2.75, 3.05) is 5.32 Å². The van der Waals surface area contributed by atoms with Crippen LogP contribution in [0.5, 0.6) is 0 Å². The molecule has 0 fully saturated rings. The van der Waals surface area contributed by atoms with Gasteiger partial charge in [0.05, 0.1) is 0 Å². The third-order valence-corrected chi connectivity index (χ3v) is 3.47. The smallest absolute Gasteiger partial charge is 0.126 e. The van der Waals surface area contributed by atoms with E-state index in [2.05, 4.69) is 44.3 Å². The summed E-state index contributed by atoms with van der Waals surface area (Å²) in [7, 11) is 0. The van der Waals surface area contributed by atoms with Crippen molar-refractivity contribution in [3.63, 3.8) is 0 Å². The van der Waals surface area contributed by atoms with Crippen LogP contribution in [0.2, 0.25) is 0 Å². The van der Waals surface area contributed by atoms with Crippen LogP contribution >= 0.6 is 0 Å². The van der Waals surface area contributed by atoms with E-state index in [0.717, 1.165) is 11.3 Å². The molecular weight excluding hydrogens is 249 g/mol. The van der Waals surface area contributed by atoms with Gasteiger partial charge in [-0.1, -0.05) is 50.2 Å². The number of nitrogens with one attached hydrogen (secondary N) is 1. The molecule has 2 aromatic carbocycles. The molecule has 0 heterocycles. The zero-order valence-electron chi connectivity index (χ0n) is 12.4. The van der Waals surface area contributed by atoms with Crippen LogP contribution in [0.15, 0.2) is 48.5 Å². The number of hydrogen-bond acceptors (Lipinski definition) is 1. The van der Waals surface area contributed by atoms with Crippen molar-refractivity contribution >= 4 is 5.69 Å². The summed E-state index contributed by atoms with van der Waals surface area (Å²) < 4.78 is 13.7. The summed E-state index contributed by atoms with van der Waals surface area (Å²) in [6.45, 7) is 6.45. The van der Waals surface area contributed by atoms with E-state index in [4.69, 9.17) is 0 Å². The summed E-state index contributed by atoms with van der Waals surface area (Å²) in [6, 6.07) is 15.5.